The number of nitrogens with one attached hydrogen (secondary N) is 1. The number of imidazole rings is 1. The van der Waals surface area contributed by atoms with Crippen LogP contribution in [0, 0.1) is 5.92 Å². The number of rotatable bonds is 5. The SMILES string of the molecule is Cn1ccnc1CNC(c1ccccc1)C1CC1. The molecule has 1 unspecified atom stereocenters. The fraction of sp³-hybridized carbons (Fsp3) is 0.400. The summed E-state index contributed by atoms with van der Waals surface area (Å²) in [6.45, 7) is 0.833. The van der Waals surface area contributed by atoms with Gasteiger partial charge in [-0.1, -0.05) is 30.3 Å². The number of nitrogens with zero attached hydrogens (tertiary/aromatic N) is 2. The Morgan fingerprint density at radius 2 is 2.11 bits per heavy atom. The third-order valence-electron chi connectivity index (χ3n) is 3.65. The lowest BCUT2D eigenvalue weighted by Gasteiger charge is -2.18. The van der Waals surface area contributed by atoms with Gasteiger partial charge in [0.25, 0.3) is 0 Å². The molecule has 1 fully saturated rings. The van der Waals surface area contributed by atoms with Gasteiger partial charge in [0.15, 0.2) is 0 Å². The summed E-state index contributed by atoms with van der Waals surface area (Å²) in [5.74, 6) is 1.89. The molecule has 0 saturated heterocycles. The summed E-state index contributed by atoms with van der Waals surface area (Å²) in [6.07, 6.45) is 6.53. The summed E-state index contributed by atoms with van der Waals surface area (Å²) in [5.41, 5.74) is 1.40. The molecular formula is C15H19N3. The van der Waals surface area contributed by atoms with E-state index < -0.39 is 0 Å². The Morgan fingerprint density at radius 1 is 1.33 bits per heavy atom. The second-order valence-electron chi connectivity index (χ2n) is 5.06. The van der Waals surface area contributed by atoms with Crippen LogP contribution in [0.5, 0.6) is 0 Å². The Kier molecular flexibility index (Phi) is 3.15. The minimum Gasteiger partial charge on any atom is -0.337 e. The van der Waals surface area contributed by atoms with E-state index in [0.717, 1.165) is 18.3 Å². The predicted molar refractivity (Wildman–Crippen MR) is 72.0 cm³/mol. The first kappa shape index (κ1) is 11.5. The molecule has 1 aromatic carbocycles. The normalized spacial score (nSPS) is 16.7. The summed E-state index contributed by atoms with van der Waals surface area (Å²) < 4.78 is 2.07. The average Bonchev–Trinajstić information content (AvgIpc) is 3.15. The predicted octanol–water partition coefficient (Wildman–Crippen LogP) is 2.66. The Hall–Kier alpha value is -1.61. The van der Waals surface area contributed by atoms with Crippen molar-refractivity contribution in [2.24, 2.45) is 13.0 Å². The van der Waals surface area contributed by atoms with Crippen LogP contribution < -0.4 is 5.32 Å². The van der Waals surface area contributed by atoms with Gasteiger partial charge in [-0.25, -0.2) is 4.98 Å². The average molecular weight is 241 g/mol. The van der Waals surface area contributed by atoms with Crippen LogP contribution in [-0.4, -0.2) is 9.55 Å². The maximum Gasteiger partial charge on any atom is 0.122 e. The summed E-state index contributed by atoms with van der Waals surface area (Å²) in [5, 5.41) is 3.66. The number of aromatic nitrogens is 2. The van der Waals surface area contributed by atoms with Gasteiger partial charge in [-0.2, -0.15) is 0 Å². The van der Waals surface area contributed by atoms with Crippen LogP contribution in [0.3, 0.4) is 0 Å². The standard InChI is InChI=1S/C15H19N3/c1-18-10-9-16-14(18)11-17-15(13-7-8-13)12-5-3-2-4-6-12/h2-6,9-10,13,15,17H,7-8,11H2,1H3. The van der Waals surface area contributed by atoms with E-state index >= 15 is 0 Å². The highest BCUT2D eigenvalue weighted by molar-refractivity contribution is 5.21. The molecule has 0 aliphatic heterocycles. The van der Waals surface area contributed by atoms with Gasteiger partial charge < -0.3 is 9.88 Å². The molecule has 3 nitrogen and oxygen atoms in total. The number of benzene rings is 1. The topological polar surface area (TPSA) is 29.9 Å². The first-order valence-electron chi connectivity index (χ1n) is 6.59. The van der Waals surface area contributed by atoms with Crippen LogP contribution >= 0.6 is 0 Å². The van der Waals surface area contributed by atoms with Gasteiger partial charge in [0, 0.05) is 25.5 Å². The first-order valence-corrected chi connectivity index (χ1v) is 6.59. The molecule has 1 aromatic heterocycles. The van der Waals surface area contributed by atoms with E-state index in [1.54, 1.807) is 0 Å². The number of hydrogen-bond acceptors (Lipinski definition) is 2. The Bertz CT molecular complexity index is 499. The Morgan fingerprint density at radius 3 is 2.72 bits per heavy atom. The van der Waals surface area contributed by atoms with Crippen molar-refractivity contribution in [3.63, 3.8) is 0 Å². The van der Waals surface area contributed by atoms with Gasteiger partial charge in [-0.15, -0.1) is 0 Å². The number of aryl methyl sites for hydroxylation is 1. The van der Waals surface area contributed by atoms with E-state index in [4.69, 9.17) is 0 Å². The fourth-order valence-corrected chi connectivity index (χ4v) is 2.41. The van der Waals surface area contributed by atoms with Crippen molar-refractivity contribution in [1.82, 2.24) is 14.9 Å². The molecule has 0 bridgehead atoms. The second-order valence-corrected chi connectivity index (χ2v) is 5.06. The molecule has 0 radical (unpaired) electrons. The van der Waals surface area contributed by atoms with Gasteiger partial charge >= 0.3 is 0 Å². The molecule has 18 heavy (non-hydrogen) atoms. The maximum atomic E-state index is 4.36. The van der Waals surface area contributed by atoms with Crippen LogP contribution in [0.15, 0.2) is 42.7 Å². The van der Waals surface area contributed by atoms with Gasteiger partial charge in [0.2, 0.25) is 0 Å². The molecule has 0 spiro atoms. The molecule has 1 saturated carbocycles. The van der Waals surface area contributed by atoms with Crippen molar-refractivity contribution in [2.45, 2.75) is 25.4 Å². The largest absolute Gasteiger partial charge is 0.337 e. The fourth-order valence-electron chi connectivity index (χ4n) is 2.41. The molecule has 1 aliphatic carbocycles. The van der Waals surface area contributed by atoms with E-state index in [9.17, 15) is 0 Å². The molecule has 1 atom stereocenters. The lowest BCUT2D eigenvalue weighted by atomic mass is 10.0. The molecule has 1 N–H and O–H groups in total. The minimum atomic E-state index is 0.475. The molecule has 3 heteroatoms. The molecule has 2 aromatic rings. The molecule has 1 heterocycles. The van der Waals surface area contributed by atoms with Crippen LogP contribution in [0.25, 0.3) is 0 Å². The number of hydrogen-bond donors (Lipinski definition) is 1. The van der Waals surface area contributed by atoms with E-state index in [1.807, 2.05) is 19.4 Å². The highest BCUT2D eigenvalue weighted by atomic mass is 15.1. The first-order chi connectivity index (χ1) is 8.84. The molecular weight excluding hydrogens is 222 g/mol. The lowest BCUT2D eigenvalue weighted by molar-refractivity contribution is 0.467. The van der Waals surface area contributed by atoms with Crippen molar-refractivity contribution >= 4 is 0 Å². The highest BCUT2D eigenvalue weighted by Gasteiger charge is 2.31. The summed E-state index contributed by atoms with van der Waals surface area (Å²) in [6, 6.07) is 11.2. The van der Waals surface area contributed by atoms with Crippen molar-refractivity contribution in [2.75, 3.05) is 0 Å². The summed E-state index contributed by atoms with van der Waals surface area (Å²) >= 11 is 0. The van der Waals surface area contributed by atoms with Crippen molar-refractivity contribution in [1.29, 1.82) is 0 Å². The van der Waals surface area contributed by atoms with Gasteiger partial charge in [-0.3, -0.25) is 0 Å². The van der Waals surface area contributed by atoms with Gasteiger partial charge in [-0.05, 0) is 24.3 Å². The highest BCUT2D eigenvalue weighted by Crippen LogP contribution is 2.40. The van der Waals surface area contributed by atoms with Gasteiger partial charge in [0.05, 0.1) is 6.54 Å². The third-order valence-corrected chi connectivity index (χ3v) is 3.65. The molecule has 3 rings (SSSR count). The smallest absolute Gasteiger partial charge is 0.122 e. The zero-order chi connectivity index (χ0) is 12.4. The minimum absolute atomic E-state index is 0.475. The monoisotopic (exact) mass is 241 g/mol. The summed E-state index contributed by atoms with van der Waals surface area (Å²) in [7, 11) is 2.04. The molecule has 1 aliphatic rings. The Balaban J connectivity index is 1.70. The van der Waals surface area contributed by atoms with Crippen LogP contribution in [0.1, 0.15) is 30.3 Å². The van der Waals surface area contributed by atoms with Crippen molar-refractivity contribution in [3.8, 4) is 0 Å². The van der Waals surface area contributed by atoms with Crippen LogP contribution in [-0.2, 0) is 13.6 Å². The summed E-state index contributed by atoms with van der Waals surface area (Å²) in [4.78, 5) is 4.36. The second kappa shape index (κ2) is 4.94. The van der Waals surface area contributed by atoms with Crippen LogP contribution in [0.4, 0.5) is 0 Å². The van der Waals surface area contributed by atoms with Crippen molar-refractivity contribution < 1.29 is 0 Å². The molecule has 94 valence electrons. The zero-order valence-corrected chi connectivity index (χ0v) is 10.7. The van der Waals surface area contributed by atoms with Crippen LogP contribution in [0.2, 0.25) is 0 Å². The quantitative estimate of drug-likeness (QED) is 0.872. The maximum absolute atomic E-state index is 4.36. The van der Waals surface area contributed by atoms with E-state index in [1.165, 1.54) is 18.4 Å². The Labute approximate surface area is 108 Å². The van der Waals surface area contributed by atoms with Crippen molar-refractivity contribution in [3.05, 3.63) is 54.1 Å². The lowest BCUT2D eigenvalue weighted by Crippen LogP contribution is -2.24. The molecule has 0 amide bonds. The zero-order valence-electron chi connectivity index (χ0n) is 10.7. The van der Waals surface area contributed by atoms with E-state index in [0.29, 0.717) is 6.04 Å². The van der Waals surface area contributed by atoms with E-state index in [-0.39, 0.29) is 0 Å². The van der Waals surface area contributed by atoms with E-state index in [2.05, 4.69) is 45.2 Å². The third kappa shape index (κ3) is 2.46. The van der Waals surface area contributed by atoms with Gasteiger partial charge in [0.1, 0.15) is 5.82 Å².